The van der Waals surface area contributed by atoms with Gasteiger partial charge in [-0.05, 0) is 21.8 Å². The van der Waals surface area contributed by atoms with Crippen molar-refractivity contribution in [2.45, 2.75) is 94.4 Å². The molecule has 4 atom stereocenters. The van der Waals surface area contributed by atoms with E-state index in [0.29, 0.717) is 11.3 Å². The van der Waals surface area contributed by atoms with Crippen LogP contribution >= 0.6 is 18.5 Å². The Balaban J connectivity index is 6.20. The Morgan fingerprint density at radius 1 is 0.667 bits per heavy atom. The lowest BCUT2D eigenvalue weighted by Crippen LogP contribution is -2.37. The van der Waals surface area contributed by atoms with Gasteiger partial charge in [-0.3, -0.25) is 4.99 Å². The van der Waals surface area contributed by atoms with Crippen LogP contribution in [0.25, 0.3) is 0 Å². The number of hydrogen-bond donors (Lipinski definition) is 0. The Labute approximate surface area is 157 Å². The third-order valence-electron chi connectivity index (χ3n) is 4.47. The molecule has 0 aliphatic carbocycles. The predicted molar refractivity (Wildman–Crippen MR) is 120 cm³/mol. The first-order chi connectivity index (χ1) is 10.3. The van der Waals surface area contributed by atoms with Gasteiger partial charge in [0.25, 0.3) is 0 Å². The first kappa shape index (κ1) is 24.3. The van der Waals surface area contributed by atoms with Crippen LogP contribution in [0, 0.1) is 21.7 Å². The van der Waals surface area contributed by atoms with Gasteiger partial charge < -0.3 is 0 Å². The first-order valence-electron chi connectivity index (χ1n) is 9.09. The molecule has 0 radical (unpaired) electrons. The fourth-order valence-electron chi connectivity index (χ4n) is 2.50. The third-order valence-corrected chi connectivity index (χ3v) is 7.15. The van der Waals surface area contributed by atoms with Gasteiger partial charge in [0.05, 0.1) is 0 Å². The van der Waals surface area contributed by atoms with Crippen molar-refractivity contribution in [3.8, 4) is 0 Å². The lowest BCUT2D eigenvalue weighted by Gasteiger charge is -2.37. The molecule has 0 saturated carbocycles. The lowest BCUT2D eigenvalue weighted by molar-refractivity contribution is 0.369. The Morgan fingerprint density at radius 3 is 1.29 bits per heavy atom. The van der Waals surface area contributed by atoms with Crippen LogP contribution in [0.15, 0.2) is 16.8 Å². The topological polar surface area (TPSA) is 12.4 Å². The van der Waals surface area contributed by atoms with E-state index >= 15 is 0 Å². The summed E-state index contributed by atoms with van der Waals surface area (Å²) in [5.41, 5.74) is 3.94. The van der Waals surface area contributed by atoms with Gasteiger partial charge in [-0.25, -0.2) is 0 Å². The lowest BCUT2D eigenvalue weighted by atomic mass is 9.76. The predicted octanol–water partition coefficient (Wildman–Crippen LogP) is 6.98. The van der Waals surface area contributed by atoms with Crippen molar-refractivity contribution in [3.05, 3.63) is 11.8 Å². The molecule has 0 aromatic carbocycles. The van der Waals surface area contributed by atoms with Crippen LogP contribution in [0.3, 0.4) is 0 Å². The van der Waals surface area contributed by atoms with Crippen LogP contribution in [-0.4, -0.2) is 17.0 Å². The van der Waals surface area contributed by atoms with Crippen molar-refractivity contribution in [1.29, 1.82) is 0 Å². The standard InChI is InChI=1S/C21H43NP2/c1-18(2,3)14(16(23)20(7,8)9)13-22-15(19(4,5)6)17(24)21(10,11)12/h13,16-17H,23-24H2,1-12H3/b14-13-,22-15-. The highest BCUT2D eigenvalue weighted by molar-refractivity contribution is 7.19. The summed E-state index contributed by atoms with van der Waals surface area (Å²) in [4.78, 5) is 5.08. The van der Waals surface area contributed by atoms with Crippen LogP contribution in [0.5, 0.6) is 0 Å². The summed E-state index contributed by atoms with van der Waals surface area (Å²) in [5, 5.41) is 0. The SMILES string of the molecule is CC(C)(C)/C(=C\N=C(\C(P)C(C)(C)C)C(C)(C)C)C(P)C(C)(C)C. The summed E-state index contributed by atoms with van der Waals surface area (Å²) in [7, 11) is 6.07. The van der Waals surface area contributed by atoms with E-state index in [1.54, 1.807) is 0 Å². The van der Waals surface area contributed by atoms with Gasteiger partial charge >= 0.3 is 0 Å². The smallest absolute Gasteiger partial charge is 0.0306 e. The molecular formula is C21H43NP2. The first-order valence-corrected chi connectivity index (χ1v) is 10.4. The summed E-state index contributed by atoms with van der Waals surface area (Å²) >= 11 is 0. The maximum atomic E-state index is 5.08. The van der Waals surface area contributed by atoms with E-state index < -0.39 is 0 Å². The van der Waals surface area contributed by atoms with Crippen molar-refractivity contribution < 1.29 is 0 Å². The van der Waals surface area contributed by atoms with E-state index in [0.717, 1.165) is 0 Å². The molecule has 24 heavy (non-hydrogen) atoms. The van der Waals surface area contributed by atoms with Gasteiger partial charge in [0.1, 0.15) is 0 Å². The fraction of sp³-hybridized carbons (Fsp3) is 0.857. The van der Waals surface area contributed by atoms with Crippen molar-refractivity contribution in [1.82, 2.24) is 0 Å². The van der Waals surface area contributed by atoms with Gasteiger partial charge in [-0.1, -0.05) is 83.1 Å². The maximum Gasteiger partial charge on any atom is 0.0306 e. The van der Waals surface area contributed by atoms with Gasteiger partial charge in [0.15, 0.2) is 0 Å². The minimum atomic E-state index is 0.0529. The Kier molecular flexibility index (Phi) is 7.97. The van der Waals surface area contributed by atoms with Gasteiger partial charge in [-0.2, -0.15) is 0 Å². The van der Waals surface area contributed by atoms with E-state index in [-0.39, 0.29) is 21.7 Å². The van der Waals surface area contributed by atoms with E-state index in [2.05, 4.69) is 108 Å². The number of nitrogens with zero attached hydrogens (tertiary/aromatic N) is 1. The van der Waals surface area contributed by atoms with E-state index in [1.165, 1.54) is 11.3 Å². The van der Waals surface area contributed by atoms with E-state index in [4.69, 9.17) is 4.99 Å². The Morgan fingerprint density at radius 2 is 1.04 bits per heavy atom. The number of hydrogen-bond acceptors (Lipinski definition) is 1. The summed E-state index contributed by atoms with van der Waals surface area (Å²) in [6.07, 6.45) is 2.16. The molecule has 0 saturated heterocycles. The average Bonchev–Trinajstić information content (AvgIpc) is 2.27. The highest BCUT2D eigenvalue weighted by Crippen LogP contribution is 2.41. The fourth-order valence-corrected chi connectivity index (χ4v) is 3.67. The largest absolute Gasteiger partial charge is 0.264 e. The van der Waals surface area contributed by atoms with Crippen molar-refractivity contribution in [2.24, 2.45) is 26.7 Å². The maximum absolute atomic E-state index is 5.08. The normalized spacial score (nSPS) is 18.6. The van der Waals surface area contributed by atoms with Crippen LogP contribution < -0.4 is 0 Å². The number of allylic oxidation sites excluding steroid dienone is 1. The highest BCUT2D eigenvalue weighted by Gasteiger charge is 2.33. The summed E-state index contributed by atoms with van der Waals surface area (Å²) in [6, 6.07) is 0. The molecule has 3 heteroatoms. The Bertz CT molecular complexity index is 428. The molecule has 0 rings (SSSR count). The third kappa shape index (κ3) is 7.25. The van der Waals surface area contributed by atoms with Gasteiger partial charge in [0.2, 0.25) is 0 Å². The quantitative estimate of drug-likeness (QED) is 0.375. The molecule has 0 amide bonds. The second-order valence-corrected chi connectivity index (χ2v) is 12.6. The molecule has 0 aliphatic rings. The minimum absolute atomic E-state index is 0.0529. The highest BCUT2D eigenvalue weighted by atomic mass is 31.0. The van der Waals surface area contributed by atoms with Crippen LogP contribution in [0.4, 0.5) is 0 Å². The molecule has 0 bridgehead atoms. The van der Waals surface area contributed by atoms with E-state index in [9.17, 15) is 0 Å². The van der Waals surface area contributed by atoms with E-state index in [1.807, 2.05) is 0 Å². The van der Waals surface area contributed by atoms with Crippen LogP contribution in [-0.2, 0) is 0 Å². The van der Waals surface area contributed by atoms with Crippen molar-refractivity contribution in [2.75, 3.05) is 0 Å². The number of aliphatic imine (C=N–C) groups is 1. The molecule has 1 nitrogen and oxygen atoms in total. The minimum Gasteiger partial charge on any atom is -0.264 e. The molecule has 0 aromatic rings. The van der Waals surface area contributed by atoms with Crippen molar-refractivity contribution >= 4 is 24.2 Å². The second-order valence-electron chi connectivity index (χ2n) is 11.3. The van der Waals surface area contributed by atoms with Crippen LogP contribution in [0.2, 0.25) is 0 Å². The summed E-state index contributed by atoms with van der Waals surface area (Å²) in [6.45, 7) is 27.4. The monoisotopic (exact) mass is 371 g/mol. The molecular weight excluding hydrogens is 328 g/mol. The van der Waals surface area contributed by atoms with Gasteiger partial charge in [-0.15, -0.1) is 18.5 Å². The number of rotatable bonds is 3. The van der Waals surface area contributed by atoms with Gasteiger partial charge in [0, 0.05) is 28.6 Å². The molecule has 142 valence electrons. The zero-order valence-corrected chi connectivity index (χ0v) is 20.6. The molecule has 0 fully saturated rings. The van der Waals surface area contributed by atoms with Crippen LogP contribution in [0.1, 0.15) is 83.1 Å². The zero-order chi connectivity index (χ0) is 19.7. The Hall–Kier alpha value is 0.270. The second kappa shape index (κ2) is 7.88. The average molecular weight is 372 g/mol. The molecule has 0 aromatic heterocycles. The summed E-state index contributed by atoms with van der Waals surface area (Å²) < 4.78 is 0. The molecule has 0 N–H and O–H groups in total. The molecule has 4 unspecified atom stereocenters. The zero-order valence-electron chi connectivity index (χ0n) is 18.3. The molecule has 0 aliphatic heterocycles. The molecule has 0 heterocycles. The summed E-state index contributed by atoms with van der Waals surface area (Å²) in [5.74, 6) is 0. The van der Waals surface area contributed by atoms with Crippen molar-refractivity contribution in [3.63, 3.8) is 0 Å². The molecule has 0 spiro atoms.